The van der Waals surface area contributed by atoms with Gasteiger partial charge in [0.1, 0.15) is 11.2 Å². The summed E-state index contributed by atoms with van der Waals surface area (Å²) in [7, 11) is 0. The van der Waals surface area contributed by atoms with Gasteiger partial charge in [0.25, 0.3) is 11.8 Å². The Morgan fingerprint density at radius 1 is 0.914 bits per heavy atom. The number of nitrogens with one attached hydrogen (secondary N) is 1. The molecule has 1 aliphatic heterocycles. The number of benzene rings is 3. The molecule has 1 N–H and O–H groups in total. The summed E-state index contributed by atoms with van der Waals surface area (Å²) in [6.07, 6.45) is 1.47. The van der Waals surface area contributed by atoms with Crippen molar-refractivity contribution in [2.45, 2.75) is 0 Å². The van der Waals surface area contributed by atoms with Gasteiger partial charge in [-0.1, -0.05) is 29.3 Å². The largest absolute Gasteiger partial charge is 0.453 e. The van der Waals surface area contributed by atoms with E-state index in [4.69, 9.17) is 39.8 Å². The molecule has 2 heterocycles. The van der Waals surface area contributed by atoms with Gasteiger partial charge >= 0.3 is 0 Å². The molecule has 0 spiro atoms. The Hall–Kier alpha value is -3.78. The highest BCUT2D eigenvalue weighted by molar-refractivity contribution is 7.80. The summed E-state index contributed by atoms with van der Waals surface area (Å²) < 4.78 is 5.71. The van der Waals surface area contributed by atoms with Gasteiger partial charge in [0, 0.05) is 21.0 Å². The minimum atomic E-state index is -0.601. The number of anilines is 1. The molecule has 1 saturated heterocycles. The number of hydrogen-bond donors (Lipinski definition) is 1. The number of ketones is 1. The SMILES string of the molecule is O=C1NC(=S)N(c2ccc(Cl)cc2)C(=O)C1=Cc1ccc2oc(C(=O)c3ccc(Cl)cc3)cc2c1. The van der Waals surface area contributed by atoms with Crippen LogP contribution in [0.15, 0.2) is 82.8 Å². The third-order valence-electron chi connectivity index (χ3n) is 5.37. The van der Waals surface area contributed by atoms with E-state index in [1.54, 1.807) is 72.8 Å². The summed E-state index contributed by atoms with van der Waals surface area (Å²) in [5, 5.41) is 4.20. The zero-order chi connectivity index (χ0) is 24.7. The Balaban J connectivity index is 1.47. The average Bonchev–Trinajstić information content (AvgIpc) is 3.26. The van der Waals surface area contributed by atoms with E-state index in [0.29, 0.717) is 37.8 Å². The summed E-state index contributed by atoms with van der Waals surface area (Å²) in [6, 6.07) is 19.7. The lowest BCUT2D eigenvalue weighted by Crippen LogP contribution is -2.54. The van der Waals surface area contributed by atoms with E-state index in [1.165, 1.54) is 11.0 Å². The van der Waals surface area contributed by atoms with Gasteiger partial charge in [-0.3, -0.25) is 24.6 Å². The fourth-order valence-electron chi connectivity index (χ4n) is 3.66. The van der Waals surface area contributed by atoms with Gasteiger partial charge < -0.3 is 4.42 Å². The quantitative estimate of drug-likeness (QED) is 0.159. The van der Waals surface area contributed by atoms with Crippen molar-refractivity contribution >= 4 is 80.9 Å². The Labute approximate surface area is 214 Å². The second kappa shape index (κ2) is 9.11. The molecule has 0 saturated carbocycles. The van der Waals surface area contributed by atoms with Crippen molar-refractivity contribution in [2.24, 2.45) is 0 Å². The number of carbonyl (C=O) groups is 3. The maximum absolute atomic E-state index is 13.2. The smallest absolute Gasteiger partial charge is 0.270 e. The monoisotopic (exact) mass is 520 g/mol. The maximum atomic E-state index is 13.2. The van der Waals surface area contributed by atoms with Crippen LogP contribution in [0.25, 0.3) is 17.0 Å². The van der Waals surface area contributed by atoms with E-state index in [9.17, 15) is 14.4 Å². The third-order valence-corrected chi connectivity index (χ3v) is 6.16. The topological polar surface area (TPSA) is 79.6 Å². The Morgan fingerprint density at radius 3 is 2.26 bits per heavy atom. The molecular formula is C26H14Cl2N2O4S. The first-order chi connectivity index (χ1) is 16.8. The molecule has 2 amide bonds. The zero-order valence-corrected chi connectivity index (χ0v) is 20.1. The second-order valence-corrected chi connectivity index (χ2v) is 8.94. The molecule has 9 heteroatoms. The van der Waals surface area contributed by atoms with Crippen LogP contribution in [-0.4, -0.2) is 22.7 Å². The first kappa shape index (κ1) is 23.0. The summed E-state index contributed by atoms with van der Waals surface area (Å²) in [5.41, 5.74) is 1.90. The predicted octanol–water partition coefficient (Wildman–Crippen LogP) is 5.80. The molecule has 5 rings (SSSR count). The summed E-state index contributed by atoms with van der Waals surface area (Å²) >= 11 is 17.0. The summed E-state index contributed by atoms with van der Waals surface area (Å²) in [6.45, 7) is 0. The Bertz CT molecular complexity index is 1560. The second-order valence-electron chi connectivity index (χ2n) is 7.68. The molecular weight excluding hydrogens is 507 g/mol. The molecule has 1 fully saturated rings. The third kappa shape index (κ3) is 4.49. The van der Waals surface area contributed by atoms with Gasteiger partial charge in [-0.2, -0.15) is 0 Å². The van der Waals surface area contributed by atoms with Crippen molar-refractivity contribution in [1.82, 2.24) is 5.32 Å². The Kier molecular flexibility index (Phi) is 5.98. The van der Waals surface area contributed by atoms with Gasteiger partial charge in [-0.25, -0.2) is 0 Å². The number of thiocarbonyl (C=S) groups is 1. The molecule has 35 heavy (non-hydrogen) atoms. The van der Waals surface area contributed by atoms with E-state index in [-0.39, 0.29) is 22.2 Å². The van der Waals surface area contributed by atoms with Crippen LogP contribution in [0.1, 0.15) is 21.7 Å². The standard InChI is InChI=1S/C26H14Cl2N2O4S/c27-17-4-2-15(3-5-17)23(31)22-13-16-11-14(1-10-21(16)34-22)12-20-24(32)29-26(35)30(25(20)33)19-8-6-18(28)7-9-19/h1-13H,(H,29,32,35). The van der Waals surface area contributed by atoms with E-state index in [0.717, 1.165) is 0 Å². The van der Waals surface area contributed by atoms with Crippen LogP contribution in [0.4, 0.5) is 5.69 Å². The van der Waals surface area contributed by atoms with Crippen molar-refractivity contribution in [1.29, 1.82) is 0 Å². The van der Waals surface area contributed by atoms with Crippen LogP contribution >= 0.6 is 35.4 Å². The van der Waals surface area contributed by atoms with Crippen molar-refractivity contribution in [3.05, 3.63) is 105 Å². The van der Waals surface area contributed by atoms with E-state index in [2.05, 4.69) is 5.32 Å². The predicted molar refractivity (Wildman–Crippen MR) is 139 cm³/mol. The Morgan fingerprint density at radius 2 is 1.57 bits per heavy atom. The highest BCUT2D eigenvalue weighted by atomic mass is 35.5. The lowest BCUT2D eigenvalue weighted by atomic mass is 10.1. The van der Waals surface area contributed by atoms with Gasteiger partial charge in [0.15, 0.2) is 10.9 Å². The number of nitrogens with zero attached hydrogens (tertiary/aromatic N) is 1. The number of fused-ring (bicyclic) bond motifs is 1. The number of furan rings is 1. The zero-order valence-electron chi connectivity index (χ0n) is 17.7. The molecule has 0 radical (unpaired) electrons. The average molecular weight is 521 g/mol. The fraction of sp³-hybridized carbons (Fsp3) is 0. The van der Waals surface area contributed by atoms with E-state index >= 15 is 0 Å². The van der Waals surface area contributed by atoms with Crippen LogP contribution in [0.5, 0.6) is 0 Å². The van der Waals surface area contributed by atoms with Crippen LogP contribution in [0.2, 0.25) is 10.0 Å². The van der Waals surface area contributed by atoms with Gasteiger partial charge in [0.05, 0.1) is 5.69 Å². The van der Waals surface area contributed by atoms with Crippen molar-refractivity contribution in [2.75, 3.05) is 4.90 Å². The highest BCUT2D eigenvalue weighted by Crippen LogP contribution is 2.27. The summed E-state index contributed by atoms with van der Waals surface area (Å²) in [4.78, 5) is 39.8. The first-order valence-electron chi connectivity index (χ1n) is 10.3. The van der Waals surface area contributed by atoms with E-state index < -0.39 is 11.8 Å². The number of hydrogen-bond acceptors (Lipinski definition) is 5. The molecule has 0 aliphatic carbocycles. The van der Waals surface area contributed by atoms with Crippen molar-refractivity contribution in [3.63, 3.8) is 0 Å². The van der Waals surface area contributed by atoms with Gasteiger partial charge in [-0.15, -0.1) is 0 Å². The lowest BCUT2D eigenvalue weighted by molar-refractivity contribution is -0.122. The molecule has 0 unspecified atom stereocenters. The van der Waals surface area contributed by atoms with Gasteiger partial charge in [-0.05, 0) is 90.6 Å². The number of amides is 2. The molecule has 1 aliphatic rings. The van der Waals surface area contributed by atoms with Crippen LogP contribution in [0, 0.1) is 0 Å². The van der Waals surface area contributed by atoms with Crippen LogP contribution in [-0.2, 0) is 9.59 Å². The van der Waals surface area contributed by atoms with E-state index in [1.807, 2.05) is 0 Å². The molecule has 0 atom stereocenters. The molecule has 0 bridgehead atoms. The maximum Gasteiger partial charge on any atom is 0.270 e. The number of carbonyl (C=O) groups excluding carboxylic acids is 3. The minimum Gasteiger partial charge on any atom is -0.453 e. The number of halogens is 2. The molecule has 4 aromatic rings. The van der Waals surface area contributed by atoms with Crippen LogP contribution < -0.4 is 10.2 Å². The van der Waals surface area contributed by atoms with Gasteiger partial charge in [0.2, 0.25) is 5.78 Å². The molecule has 3 aromatic carbocycles. The minimum absolute atomic E-state index is 0.0184. The molecule has 6 nitrogen and oxygen atoms in total. The highest BCUT2D eigenvalue weighted by Gasteiger charge is 2.34. The lowest BCUT2D eigenvalue weighted by Gasteiger charge is -2.28. The fourth-order valence-corrected chi connectivity index (χ4v) is 4.19. The molecule has 172 valence electrons. The first-order valence-corrected chi connectivity index (χ1v) is 11.5. The molecule has 1 aromatic heterocycles. The normalized spacial score (nSPS) is 15.1. The van der Waals surface area contributed by atoms with Crippen LogP contribution in [0.3, 0.4) is 0 Å². The number of rotatable bonds is 4. The van der Waals surface area contributed by atoms with Crippen molar-refractivity contribution in [3.8, 4) is 0 Å². The van der Waals surface area contributed by atoms with Crippen molar-refractivity contribution < 1.29 is 18.8 Å². The summed E-state index contributed by atoms with van der Waals surface area (Å²) in [5.74, 6) is -1.28.